The van der Waals surface area contributed by atoms with Crippen LogP contribution in [0.1, 0.15) is 20.9 Å². The largest absolute Gasteiger partial charge is 0.481 e. The molecule has 2 N–H and O–H groups in total. The fraction of sp³-hybridized carbons (Fsp3) is 0.200. The quantitative estimate of drug-likeness (QED) is 0.885. The van der Waals surface area contributed by atoms with E-state index in [0.717, 1.165) is 21.0 Å². The highest BCUT2D eigenvalue weighted by Crippen LogP contribution is 2.21. The summed E-state index contributed by atoms with van der Waals surface area (Å²) in [4.78, 5) is 12.5. The maximum atomic E-state index is 10.6. The minimum Gasteiger partial charge on any atom is -0.481 e. The van der Waals surface area contributed by atoms with Crippen LogP contribution < -0.4 is 5.32 Å². The Labute approximate surface area is 121 Å². The molecule has 0 saturated heterocycles. The predicted octanol–water partition coefficient (Wildman–Crippen LogP) is 3.17. The number of carboxylic acid groups (broad SMARTS) is 1. The third-order valence-corrected chi connectivity index (χ3v) is 3.95. The number of nitrogens with zero attached hydrogens (tertiary/aromatic N) is 1. The van der Waals surface area contributed by atoms with Crippen molar-refractivity contribution in [1.82, 2.24) is 0 Å². The molecule has 4 nitrogen and oxygen atoms in total. The van der Waals surface area contributed by atoms with Gasteiger partial charge in [-0.15, -0.1) is 11.3 Å². The van der Waals surface area contributed by atoms with E-state index in [2.05, 4.69) is 11.4 Å². The Morgan fingerprint density at radius 3 is 2.80 bits per heavy atom. The third-order valence-electron chi connectivity index (χ3n) is 2.86. The Bertz CT molecular complexity index is 671. The van der Waals surface area contributed by atoms with Gasteiger partial charge in [-0.05, 0) is 36.8 Å². The molecule has 0 amide bonds. The highest BCUT2D eigenvalue weighted by molar-refractivity contribution is 7.12. The first-order valence-corrected chi connectivity index (χ1v) is 6.94. The fourth-order valence-electron chi connectivity index (χ4n) is 1.83. The molecule has 0 atom stereocenters. The zero-order valence-corrected chi connectivity index (χ0v) is 11.8. The Hall–Kier alpha value is -2.32. The maximum absolute atomic E-state index is 10.6. The summed E-state index contributed by atoms with van der Waals surface area (Å²) in [5.41, 5.74) is 2.62. The van der Waals surface area contributed by atoms with Crippen molar-refractivity contribution in [3.63, 3.8) is 0 Å². The average molecular weight is 286 g/mol. The minimum atomic E-state index is -0.816. The summed E-state index contributed by atoms with van der Waals surface area (Å²) in [6.45, 7) is 2.60. The molecule has 20 heavy (non-hydrogen) atoms. The van der Waals surface area contributed by atoms with Gasteiger partial charge in [0.05, 0.1) is 18.1 Å². The molecule has 0 aliphatic heterocycles. The molecule has 2 aromatic rings. The second kappa shape index (κ2) is 6.22. The number of benzene rings is 1. The van der Waals surface area contributed by atoms with Crippen molar-refractivity contribution in [3.05, 3.63) is 51.2 Å². The first-order chi connectivity index (χ1) is 9.58. The SMILES string of the molecule is Cc1ccc(C#N)cc1NCc1ccc(CC(=O)O)s1. The van der Waals surface area contributed by atoms with Crippen molar-refractivity contribution < 1.29 is 9.90 Å². The topological polar surface area (TPSA) is 73.1 Å². The lowest BCUT2D eigenvalue weighted by Crippen LogP contribution is -2.00. The van der Waals surface area contributed by atoms with Gasteiger partial charge in [0.15, 0.2) is 0 Å². The summed E-state index contributed by atoms with van der Waals surface area (Å²) in [6.07, 6.45) is 0.0631. The number of carbonyl (C=O) groups is 1. The molecule has 0 aliphatic rings. The van der Waals surface area contributed by atoms with E-state index < -0.39 is 5.97 Å². The van der Waals surface area contributed by atoms with E-state index in [1.54, 1.807) is 6.07 Å². The smallest absolute Gasteiger partial charge is 0.308 e. The summed E-state index contributed by atoms with van der Waals surface area (Å²) in [6, 6.07) is 11.4. The van der Waals surface area contributed by atoms with E-state index >= 15 is 0 Å². The van der Waals surface area contributed by atoms with Crippen molar-refractivity contribution in [1.29, 1.82) is 5.26 Å². The van der Waals surface area contributed by atoms with E-state index in [1.165, 1.54) is 11.3 Å². The zero-order valence-electron chi connectivity index (χ0n) is 11.0. The molecule has 1 heterocycles. The van der Waals surface area contributed by atoms with Crippen LogP contribution in [0.3, 0.4) is 0 Å². The summed E-state index contributed by atoms with van der Waals surface area (Å²) >= 11 is 1.49. The van der Waals surface area contributed by atoms with E-state index in [4.69, 9.17) is 10.4 Å². The number of nitrogens with one attached hydrogen (secondary N) is 1. The van der Waals surface area contributed by atoms with Gasteiger partial charge >= 0.3 is 5.97 Å². The monoisotopic (exact) mass is 286 g/mol. The second-order valence-corrected chi connectivity index (χ2v) is 5.69. The number of hydrogen-bond donors (Lipinski definition) is 2. The van der Waals surface area contributed by atoms with Crippen LogP contribution in [0.2, 0.25) is 0 Å². The van der Waals surface area contributed by atoms with E-state index in [9.17, 15) is 4.79 Å². The predicted molar refractivity (Wildman–Crippen MR) is 78.9 cm³/mol. The fourth-order valence-corrected chi connectivity index (χ4v) is 2.77. The molecular weight excluding hydrogens is 272 g/mol. The molecule has 0 saturated carbocycles. The van der Waals surface area contributed by atoms with Crippen LogP contribution in [-0.2, 0) is 17.8 Å². The van der Waals surface area contributed by atoms with Gasteiger partial charge in [-0.3, -0.25) is 4.79 Å². The van der Waals surface area contributed by atoms with E-state index in [1.807, 2.05) is 31.2 Å². The van der Waals surface area contributed by atoms with Crippen LogP contribution in [0.4, 0.5) is 5.69 Å². The van der Waals surface area contributed by atoms with Gasteiger partial charge in [-0.2, -0.15) is 5.26 Å². The molecular formula is C15H14N2O2S. The number of hydrogen-bond acceptors (Lipinski definition) is 4. The number of thiophene rings is 1. The molecule has 0 bridgehead atoms. The molecule has 0 fully saturated rings. The van der Waals surface area contributed by atoms with Crippen LogP contribution >= 0.6 is 11.3 Å². The first kappa shape index (κ1) is 14.1. The van der Waals surface area contributed by atoms with E-state index in [-0.39, 0.29) is 6.42 Å². The minimum absolute atomic E-state index is 0.0631. The van der Waals surface area contributed by atoms with Crippen molar-refractivity contribution >= 4 is 23.0 Å². The summed E-state index contributed by atoms with van der Waals surface area (Å²) in [7, 11) is 0. The number of nitriles is 1. The number of aliphatic carboxylic acids is 1. The molecule has 2 rings (SSSR count). The highest BCUT2D eigenvalue weighted by atomic mass is 32.1. The van der Waals surface area contributed by atoms with Crippen LogP contribution in [0.15, 0.2) is 30.3 Å². The van der Waals surface area contributed by atoms with Gasteiger partial charge in [0.25, 0.3) is 0 Å². The molecule has 1 aromatic carbocycles. The van der Waals surface area contributed by atoms with Crippen LogP contribution in [-0.4, -0.2) is 11.1 Å². The summed E-state index contributed by atoms with van der Waals surface area (Å²) in [5.74, 6) is -0.816. The number of aryl methyl sites for hydroxylation is 1. The number of rotatable bonds is 5. The standard InChI is InChI=1S/C15H14N2O2S/c1-10-2-3-11(8-16)6-14(10)17-9-13-5-4-12(20-13)7-15(18)19/h2-6,17H,7,9H2,1H3,(H,18,19). The lowest BCUT2D eigenvalue weighted by atomic mass is 10.1. The lowest BCUT2D eigenvalue weighted by molar-refractivity contribution is -0.136. The molecule has 0 unspecified atom stereocenters. The number of anilines is 1. The van der Waals surface area contributed by atoms with Gasteiger partial charge in [-0.1, -0.05) is 6.07 Å². The first-order valence-electron chi connectivity index (χ1n) is 6.12. The van der Waals surface area contributed by atoms with Crippen molar-refractivity contribution in [2.45, 2.75) is 19.9 Å². The highest BCUT2D eigenvalue weighted by Gasteiger charge is 2.05. The molecule has 5 heteroatoms. The summed E-state index contributed by atoms with van der Waals surface area (Å²) in [5, 5.41) is 20.9. The Balaban J connectivity index is 2.03. The second-order valence-electron chi connectivity index (χ2n) is 4.43. The lowest BCUT2D eigenvalue weighted by Gasteiger charge is -2.08. The maximum Gasteiger partial charge on any atom is 0.308 e. The normalized spacial score (nSPS) is 10.0. The third kappa shape index (κ3) is 3.59. The summed E-state index contributed by atoms with van der Waals surface area (Å²) < 4.78 is 0. The Morgan fingerprint density at radius 2 is 2.10 bits per heavy atom. The van der Waals surface area contributed by atoms with Gasteiger partial charge in [0.1, 0.15) is 0 Å². The van der Waals surface area contributed by atoms with Crippen LogP contribution in [0, 0.1) is 18.3 Å². The van der Waals surface area contributed by atoms with E-state index in [0.29, 0.717) is 12.1 Å². The van der Waals surface area contributed by atoms with Gasteiger partial charge in [0.2, 0.25) is 0 Å². The molecule has 0 radical (unpaired) electrons. The molecule has 102 valence electrons. The van der Waals surface area contributed by atoms with Crippen molar-refractivity contribution in [2.24, 2.45) is 0 Å². The van der Waals surface area contributed by atoms with Crippen molar-refractivity contribution in [2.75, 3.05) is 5.32 Å². The van der Waals surface area contributed by atoms with Crippen LogP contribution in [0.25, 0.3) is 0 Å². The van der Waals surface area contributed by atoms with Gasteiger partial charge in [0, 0.05) is 22.0 Å². The number of carboxylic acids is 1. The average Bonchev–Trinajstić information content (AvgIpc) is 2.84. The Kier molecular flexibility index (Phi) is 4.38. The molecule has 0 spiro atoms. The Morgan fingerprint density at radius 1 is 1.35 bits per heavy atom. The van der Waals surface area contributed by atoms with Gasteiger partial charge in [-0.25, -0.2) is 0 Å². The van der Waals surface area contributed by atoms with Crippen molar-refractivity contribution in [3.8, 4) is 6.07 Å². The molecule has 1 aromatic heterocycles. The molecule has 0 aliphatic carbocycles. The van der Waals surface area contributed by atoms with Crippen LogP contribution in [0.5, 0.6) is 0 Å². The van der Waals surface area contributed by atoms with Gasteiger partial charge < -0.3 is 10.4 Å². The zero-order chi connectivity index (χ0) is 14.5.